The fraction of sp³-hybridized carbons (Fsp3) is 0.429. The molecule has 0 atom stereocenters. The number of nitrogens with zero attached hydrogens (tertiary/aromatic N) is 1. The highest BCUT2D eigenvalue weighted by Gasteiger charge is 2.22. The third-order valence-electron chi connectivity index (χ3n) is 3.81. The van der Waals surface area contributed by atoms with Crippen molar-refractivity contribution in [3.63, 3.8) is 0 Å². The molecule has 0 saturated heterocycles. The van der Waals surface area contributed by atoms with Crippen molar-refractivity contribution in [1.82, 2.24) is 5.16 Å². The first kappa shape index (κ1) is 11.3. The molecule has 3 rings (SSSR count). The second-order valence-corrected chi connectivity index (χ2v) is 4.95. The number of hydrogen-bond donors (Lipinski definition) is 1. The highest BCUT2D eigenvalue weighted by molar-refractivity contribution is 6.03. The molecule has 0 spiro atoms. The minimum Gasteiger partial charge on any atom is -0.364 e. The van der Waals surface area contributed by atoms with Crippen LogP contribution in [0.3, 0.4) is 0 Å². The first-order valence-corrected chi connectivity index (χ1v) is 6.45. The smallest absolute Gasteiger partial charge is 0.271 e. The second-order valence-electron chi connectivity index (χ2n) is 4.95. The fourth-order valence-corrected chi connectivity index (χ4v) is 2.90. The summed E-state index contributed by atoms with van der Waals surface area (Å²) in [6.07, 6.45) is 6.21. The Morgan fingerprint density at radius 1 is 1.28 bits per heavy atom. The van der Waals surface area contributed by atoms with Gasteiger partial charge in [-0.2, -0.15) is 0 Å². The Labute approximate surface area is 105 Å². The Morgan fingerprint density at radius 3 is 2.78 bits per heavy atom. The van der Waals surface area contributed by atoms with E-state index in [0.717, 1.165) is 11.0 Å². The Hall–Kier alpha value is -1.84. The molecule has 1 amide bonds. The minimum atomic E-state index is -0.533. The summed E-state index contributed by atoms with van der Waals surface area (Å²) in [4.78, 5) is 11.3. The van der Waals surface area contributed by atoms with Gasteiger partial charge in [-0.1, -0.05) is 36.6 Å². The van der Waals surface area contributed by atoms with Crippen molar-refractivity contribution in [3.8, 4) is 0 Å². The van der Waals surface area contributed by atoms with Crippen molar-refractivity contribution in [1.29, 1.82) is 0 Å². The SMILES string of the molecule is NC(=O)c1noc2c(C3CCCCC3)cccc12. The van der Waals surface area contributed by atoms with Gasteiger partial charge >= 0.3 is 0 Å². The van der Waals surface area contributed by atoms with E-state index >= 15 is 0 Å². The van der Waals surface area contributed by atoms with Crippen molar-refractivity contribution in [2.45, 2.75) is 38.0 Å². The fourth-order valence-electron chi connectivity index (χ4n) is 2.90. The van der Waals surface area contributed by atoms with Crippen molar-refractivity contribution in [3.05, 3.63) is 29.5 Å². The van der Waals surface area contributed by atoms with Crippen LogP contribution in [0.1, 0.15) is 54.1 Å². The molecule has 94 valence electrons. The van der Waals surface area contributed by atoms with Crippen LogP contribution in [0.5, 0.6) is 0 Å². The number of carbonyl (C=O) groups is 1. The number of aromatic nitrogens is 1. The average Bonchev–Trinajstić information content (AvgIpc) is 2.83. The van der Waals surface area contributed by atoms with E-state index < -0.39 is 5.91 Å². The molecule has 1 fully saturated rings. The maximum absolute atomic E-state index is 11.3. The summed E-state index contributed by atoms with van der Waals surface area (Å²) >= 11 is 0. The van der Waals surface area contributed by atoms with Gasteiger partial charge < -0.3 is 10.3 Å². The maximum Gasteiger partial charge on any atom is 0.271 e. The number of primary amides is 1. The van der Waals surface area contributed by atoms with Gasteiger partial charge in [-0.15, -0.1) is 0 Å². The molecule has 0 radical (unpaired) electrons. The van der Waals surface area contributed by atoms with Crippen LogP contribution < -0.4 is 5.73 Å². The van der Waals surface area contributed by atoms with Gasteiger partial charge in [-0.05, 0) is 24.8 Å². The molecule has 0 unspecified atom stereocenters. The number of benzene rings is 1. The van der Waals surface area contributed by atoms with E-state index in [-0.39, 0.29) is 5.69 Å². The zero-order chi connectivity index (χ0) is 12.5. The zero-order valence-corrected chi connectivity index (χ0v) is 10.2. The molecule has 2 N–H and O–H groups in total. The van der Waals surface area contributed by atoms with Crippen LogP contribution in [0.25, 0.3) is 11.0 Å². The van der Waals surface area contributed by atoms with Crippen LogP contribution in [0.15, 0.2) is 22.7 Å². The number of hydrogen-bond acceptors (Lipinski definition) is 3. The summed E-state index contributed by atoms with van der Waals surface area (Å²) in [5.74, 6) is -0.00864. The minimum absolute atomic E-state index is 0.239. The Balaban J connectivity index is 2.09. The molecule has 18 heavy (non-hydrogen) atoms. The van der Waals surface area contributed by atoms with Crippen LogP contribution in [0.2, 0.25) is 0 Å². The highest BCUT2D eigenvalue weighted by atomic mass is 16.5. The van der Waals surface area contributed by atoms with Gasteiger partial charge in [0.1, 0.15) is 0 Å². The van der Waals surface area contributed by atoms with Gasteiger partial charge in [-0.25, -0.2) is 0 Å². The van der Waals surface area contributed by atoms with Crippen molar-refractivity contribution in [2.24, 2.45) is 5.73 Å². The summed E-state index contributed by atoms with van der Waals surface area (Å²) in [5, 5.41) is 4.54. The lowest BCUT2D eigenvalue weighted by Crippen LogP contribution is -2.11. The summed E-state index contributed by atoms with van der Waals surface area (Å²) < 4.78 is 5.34. The first-order valence-electron chi connectivity index (χ1n) is 6.45. The first-order chi connectivity index (χ1) is 8.77. The molecule has 0 aliphatic heterocycles. The molecule has 1 heterocycles. The number of nitrogens with two attached hydrogens (primary N) is 1. The summed E-state index contributed by atoms with van der Waals surface area (Å²) in [7, 11) is 0. The molecule has 1 saturated carbocycles. The van der Waals surface area contributed by atoms with Gasteiger partial charge in [0.15, 0.2) is 11.3 Å². The van der Waals surface area contributed by atoms with Crippen molar-refractivity contribution < 1.29 is 9.32 Å². The molecule has 1 aromatic carbocycles. The Kier molecular flexibility index (Phi) is 2.78. The molecule has 0 bridgehead atoms. The lowest BCUT2D eigenvalue weighted by molar-refractivity contribution is 0.0993. The highest BCUT2D eigenvalue weighted by Crippen LogP contribution is 2.36. The van der Waals surface area contributed by atoms with E-state index in [9.17, 15) is 4.79 Å². The van der Waals surface area contributed by atoms with Crippen LogP contribution in [-0.2, 0) is 0 Å². The van der Waals surface area contributed by atoms with Crippen molar-refractivity contribution >= 4 is 16.9 Å². The molecular formula is C14H16N2O2. The van der Waals surface area contributed by atoms with Gasteiger partial charge in [0, 0.05) is 5.56 Å². The third-order valence-corrected chi connectivity index (χ3v) is 3.81. The monoisotopic (exact) mass is 244 g/mol. The van der Waals surface area contributed by atoms with Gasteiger partial charge in [-0.3, -0.25) is 4.79 Å². The molecular weight excluding hydrogens is 228 g/mol. The molecule has 1 aromatic heterocycles. The van der Waals surface area contributed by atoms with Gasteiger partial charge in [0.2, 0.25) is 0 Å². The Morgan fingerprint density at radius 2 is 2.06 bits per heavy atom. The molecule has 4 heteroatoms. The van der Waals surface area contributed by atoms with Crippen LogP contribution in [0, 0.1) is 0 Å². The number of rotatable bonds is 2. The quantitative estimate of drug-likeness (QED) is 0.882. The van der Waals surface area contributed by atoms with Crippen LogP contribution in [-0.4, -0.2) is 11.1 Å². The molecule has 2 aromatic rings. The number of fused-ring (bicyclic) bond motifs is 1. The maximum atomic E-state index is 11.3. The lowest BCUT2D eigenvalue weighted by atomic mass is 9.83. The van der Waals surface area contributed by atoms with E-state index in [2.05, 4.69) is 11.2 Å². The number of amides is 1. The normalized spacial score (nSPS) is 17.1. The lowest BCUT2D eigenvalue weighted by Gasteiger charge is -2.21. The molecule has 1 aliphatic carbocycles. The predicted octanol–water partition coefficient (Wildman–Crippen LogP) is 2.97. The topological polar surface area (TPSA) is 69.1 Å². The standard InChI is InChI=1S/C14H16N2O2/c15-14(17)12-11-8-4-7-10(13(11)18-16-12)9-5-2-1-3-6-9/h4,7-9H,1-3,5-6H2,(H2,15,17). The van der Waals surface area contributed by atoms with Gasteiger partial charge in [0.25, 0.3) is 5.91 Å². The Bertz CT molecular complexity index is 582. The second kappa shape index (κ2) is 4.44. The summed E-state index contributed by atoms with van der Waals surface area (Å²) in [6.45, 7) is 0. The number of para-hydroxylation sites is 1. The van der Waals surface area contributed by atoms with E-state index in [1.54, 1.807) is 0 Å². The van der Waals surface area contributed by atoms with E-state index in [4.69, 9.17) is 10.3 Å². The van der Waals surface area contributed by atoms with E-state index in [0.29, 0.717) is 5.92 Å². The van der Waals surface area contributed by atoms with Crippen LogP contribution >= 0.6 is 0 Å². The largest absolute Gasteiger partial charge is 0.364 e. The summed E-state index contributed by atoms with van der Waals surface area (Å²) in [6, 6.07) is 5.88. The van der Waals surface area contributed by atoms with Crippen molar-refractivity contribution in [2.75, 3.05) is 0 Å². The molecule has 1 aliphatic rings. The average molecular weight is 244 g/mol. The van der Waals surface area contributed by atoms with Gasteiger partial charge in [0.05, 0.1) is 5.39 Å². The number of carbonyl (C=O) groups excluding carboxylic acids is 1. The summed E-state index contributed by atoms with van der Waals surface area (Å²) in [5.41, 5.74) is 7.44. The third kappa shape index (κ3) is 1.78. The predicted molar refractivity (Wildman–Crippen MR) is 68.4 cm³/mol. The molecule has 4 nitrogen and oxygen atoms in total. The zero-order valence-electron chi connectivity index (χ0n) is 10.2. The van der Waals surface area contributed by atoms with Crippen LogP contribution in [0.4, 0.5) is 0 Å². The van der Waals surface area contributed by atoms with E-state index in [1.807, 2.05) is 12.1 Å². The van der Waals surface area contributed by atoms with E-state index in [1.165, 1.54) is 37.7 Å².